The minimum absolute atomic E-state index is 0.101. The van der Waals surface area contributed by atoms with Gasteiger partial charge in [0.1, 0.15) is 5.71 Å². The van der Waals surface area contributed by atoms with E-state index >= 15 is 0 Å². The molecule has 0 spiro atoms. The summed E-state index contributed by atoms with van der Waals surface area (Å²) < 4.78 is 39.0. The molecule has 2 N–H and O–H groups in total. The quantitative estimate of drug-likeness (QED) is 0.872. The van der Waals surface area contributed by atoms with Crippen LogP contribution < -0.4 is 10.6 Å². The Labute approximate surface area is 137 Å². The van der Waals surface area contributed by atoms with E-state index in [1.54, 1.807) is 6.07 Å². The van der Waals surface area contributed by atoms with E-state index in [9.17, 15) is 18.0 Å². The fraction of sp³-hybridized carbons (Fsp3) is 0.412. The number of hydrogen-bond acceptors (Lipinski definition) is 3. The summed E-state index contributed by atoms with van der Waals surface area (Å²) in [7, 11) is 0. The van der Waals surface area contributed by atoms with Crippen LogP contribution in [-0.2, 0) is 11.0 Å². The second-order valence-corrected chi connectivity index (χ2v) is 6.17. The molecule has 0 bridgehead atoms. The summed E-state index contributed by atoms with van der Waals surface area (Å²) in [5.74, 6) is -0.237. The van der Waals surface area contributed by atoms with E-state index in [1.807, 2.05) is 13.8 Å². The largest absolute Gasteiger partial charge is 0.416 e. The topological polar surface area (TPSA) is 53.5 Å². The van der Waals surface area contributed by atoms with Crippen LogP contribution in [0.3, 0.4) is 0 Å². The molecular formula is C17H18F3N3O. The summed E-state index contributed by atoms with van der Waals surface area (Å²) in [6.45, 7) is 5.01. The number of nitrogens with one attached hydrogen (secondary N) is 2. The number of hydrogen-bond donors (Lipinski definition) is 2. The smallest absolute Gasteiger partial charge is 0.386 e. The Balaban J connectivity index is 2.12. The number of nitrogens with zero attached hydrogens (tertiary/aromatic N) is 1. The van der Waals surface area contributed by atoms with Crippen LogP contribution in [0.15, 0.2) is 40.5 Å². The van der Waals surface area contributed by atoms with Gasteiger partial charge >= 0.3 is 6.18 Å². The van der Waals surface area contributed by atoms with Gasteiger partial charge in [0.05, 0.1) is 18.2 Å². The van der Waals surface area contributed by atoms with Gasteiger partial charge in [-0.3, -0.25) is 9.79 Å². The van der Waals surface area contributed by atoms with Crippen LogP contribution in [0, 0.1) is 5.92 Å². The highest BCUT2D eigenvalue weighted by atomic mass is 19.4. The fourth-order valence-corrected chi connectivity index (χ4v) is 3.08. The van der Waals surface area contributed by atoms with Crippen molar-refractivity contribution in [2.24, 2.45) is 10.9 Å². The molecular weight excluding hydrogens is 319 g/mol. The number of halogens is 3. The number of carbonyl (C=O) groups excluding carboxylic acids is 1. The molecule has 1 unspecified atom stereocenters. The zero-order valence-corrected chi connectivity index (χ0v) is 13.4. The van der Waals surface area contributed by atoms with Gasteiger partial charge in [-0.15, -0.1) is 0 Å². The van der Waals surface area contributed by atoms with Crippen LogP contribution in [0.2, 0.25) is 0 Å². The predicted octanol–water partition coefficient (Wildman–Crippen LogP) is 2.83. The number of fused-ring (bicyclic) bond motifs is 1. The molecule has 1 atom stereocenters. The Bertz CT molecular complexity index is 735. The first-order chi connectivity index (χ1) is 11.3. The SMILES string of the molecule is CC(C)C1=C2C(=NCCN1)C(=O)NC2c1cccc(C(F)(F)F)c1. The van der Waals surface area contributed by atoms with E-state index in [0.717, 1.165) is 17.8 Å². The third-order valence-corrected chi connectivity index (χ3v) is 4.15. The van der Waals surface area contributed by atoms with E-state index in [0.29, 0.717) is 29.9 Å². The van der Waals surface area contributed by atoms with Gasteiger partial charge in [-0.25, -0.2) is 0 Å². The number of alkyl halides is 3. The second kappa shape index (κ2) is 5.96. The van der Waals surface area contributed by atoms with Crippen LogP contribution >= 0.6 is 0 Å². The van der Waals surface area contributed by atoms with Gasteiger partial charge in [-0.1, -0.05) is 26.0 Å². The number of amides is 1. The summed E-state index contributed by atoms with van der Waals surface area (Å²) >= 11 is 0. The Morgan fingerprint density at radius 1 is 1.29 bits per heavy atom. The molecule has 0 saturated carbocycles. The molecule has 1 amide bonds. The van der Waals surface area contributed by atoms with Crippen molar-refractivity contribution in [2.45, 2.75) is 26.1 Å². The van der Waals surface area contributed by atoms with E-state index in [2.05, 4.69) is 15.6 Å². The van der Waals surface area contributed by atoms with Gasteiger partial charge in [-0.05, 0) is 23.6 Å². The molecule has 1 aromatic carbocycles. The lowest BCUT2D eigenvalue weighted by Crippen LogP contribution is -2.25. The molecule has 3 rings (SSSR count). The van der Waals surface area contributed by atoms with Gasteiger partial charge < -0.3 is 10.6 Å². The van der Waals surface area contributed by atoms with Crippen molar-refractivity contribution in [3.05, 3.63) is 46.7 Å². The lowest BCUT2D eigenvalue weighted by molar-refractivity contribution is -0.137. The summed E-state index contributed by atoms with van der Waals surface area (Å²) in [6.07, 6.45) is -4.42. The predicted molar refractivity (Wildman–Crippen MR) is 84.5 cm³/mol. The average molecular weight is 337 g/mol. The molecule has 1 fully saturated rings. The van der Waals surface area contributed by atoms with Gasteiger partial charge in [0.25, 0.3) is 5.91 Å². The molecule has 2 aliphatic rings. The highest BCUT2D eigenvalue weighted by Gasteiger charge is 2.39. The van der Waals surface area contributed by atoms with Crippen molar-refractivity contribution in [1.29, 1.82) is 0 Å². The van der Waals surface area contributed by atoms with Crippen LogP contribution in [0.4, 0.5) is 13.2 Å². The highest BCUT2D eigenvalue weighted by Crippen LogP contribution is 2.36. The van der Waals surface area contributed by atoms with Crippen molar-refractivity contribution >= 4 is 11.6 Å². The zero-order chi connectivity index (χ0) is 17.5. The maximum absolute atomic E-state index is 13.0. The molecule has 0 radical (unpaired) electrons. The van der Waals surface area contributed by atoms with Crippen molar-refractivity contribution < 1.29 is 18.0 Å². The summed E-state index contributed by atoms with van der Waals surface area (Å²) in [5.41, 5.74) is 1.51. The first kappa shape index (κ1) is 16.5. The lowest BCUT2D eigenvalue weighted by atomic mass is 9.92. The van der Waals surface area contributed by atoms with Crippen molar-refractivity contribution in [1.82, 2.24) is 10.6 Å². The standard InChI is InChI=1S/C17H18F3N3O/c1-9(2)13-12-14(23-16(24)15(12)22-7-6-21-13)10-4-3-5-11(8-10)17(18,19)20/h3-5,8-9,14,21H,6-7H2,1-2H3,(H,23,24). The maximum atomic E-state index is 13.0. The second-order valence-electron chi connectivity index (χ2n) is 6.17. The first-order valence-electron chi connectivity index (χ1n) is 7.80. The Morgan fingerprint density at radius 2 is 2.04 bits per heavy atom. The maximum Gasteiger partial charge on any atom is 0.416 e. The zero-order valence-electron chi connectivity index (χ0n) is 13.4. The molecule has 2 heterocycles. The minimum Gasteiger partial charge on any atom is -0.386 e. The monoisotopic (exact) mass is 337 g/mol. The Hall–Kier alpha value is -2.31. The van der Waals surface area contributed by atoms with Gasteiger partial charge in [0.15, 0.2) is 0 Å². The van der Waals surface area contributed by atoms with E-state index in [4.69, 9.17) is 0 Å². The van der Waals surface area contributed by atoms with Crippen LogP contribution in [-0.4, -0.2) is 24.7 Å². The van der Waals surface area contributed by atoms with E-state index < -0.39 is 17.8 Å². The van der Waals surface area contributed by atoms with Crippen molar-refractivity contribution in [3.63, 3.8) is 0 Å². The van der Waals surface area contributed by atoms with E-state index in [-0.39, 0.29) is 11.8 Å². The number of benzene rings is 1. The van der Waals surface area contributed by atoms with Crippen LogP contribution in [0.5, 0.6) is 0 Å². The number of carbonyl (C=O) groups is 1. The van der Waals surface area contributed by atoms with Gasteiger partial charge in [0.2, 0.25) is 0 Å². The Morgan fingerprint density at radius 3 is 2.71 bits per heavy atom. The number of aliphatic imine (C=N–C) groups is 1. The third-order valence-electron chi connectivity index (χ3n) is 4.15. The highest BCUT2D eigenvalue weighted by molar-refractivity contribution is 6.48. The summed E-state index contributed by atoms with van der Waals surface area (Å²) in [5, 5.41) is 6.04. The van der Waals surface area contributed by atoms with Crippen molar-refractivity contribution in [2.75, 3.05) is 13.1 Å². The summed E-state index contributed by atoms with van der Waals surface area (Å²) in [4.78, 5) is 16.6. The molecule has 0 aliphatic carbocycles. The van der Waals surface area contributed by atoms with Gasteiger partial charge in [-0.2, -0.15) is 13.2 Å². The number of allylic oxidation sites excluding steroid dienone is 1. The molecule has 0 aromatic heterocycles. The van der Waals surface area contributed by atoms with Gasteiger partial charge in [0, 0.05) is 17.8 Å². The number of rotatable bonds is 2. The summed E-state index contributed by atoms with van der Waals surface area (Å²) in [6, 6.07) is 4.45. The van der Waals surface area contributed by atoms with E-state index in [1.165, 1.54) is 6.07 Å². The third kappa shape index (κ3) is 2.90. The molecule has 1 aromatic rings. The lowest BCUT2D eigenvalue weighted by Gasteiger charge is -2.20. The average Bonchev–Trinajstić information content (AvgIpc) is 2.71. The molecule has 7 heteroatoms. The van der Waals surface area contributed by atoms with Crippen LogP contribution in [0.1, 0.15) is 31.0 Å². The fourth-order valence-electron chi connectivity index (χ4n) is 3.08. The molecule has 2 aliphatic heterocycles. The molecule has 1 saturated heterocycles. The minimum atomic E-state index is -4.42. The Kier molecular flexibility index (Phi) is 4.11. The van der Waals surface area contributed by atoms with Crippen LogP contribution in [0.25, 0.3) is 0 Å². The molecule has 4 nitrogen and oxygen atoms in total. The normalized spacial score (nSPS) is 21.2. The molecule has 24 heavy (non-hydrogen) atoms. The molecule has 128 valence electrons. The first-order valence-corrected chi connectivity index (χ1v) is 7.80. The van der Waals surface area contributed by atoms with Crippen molar-refractivity contribution in [3.8, 4) is 0 Å².